The average molecular weight is 686 g/mol. The van der Waals surface area contributed by atoms with E-state index in [-0.39, 0.29) is 35.3 Å². The molecule has 1 spiro atoms. The van der Waals surface area contributed by atoms with Gasteiger partial charge in [-0.25, -0.2) is 9.59 Å². The number of hydrogen-bond donors (Lipinski definition) is 1. The quantitative estimate of drug-likeness (QED) is 0.253. The highest BCUT2D eigenvalue weighted by molar-refractivity contribution is 9.10. The molecule has 0 aliphatic heterocycles. The number of esters is 2. The third kappa shape index (κ3) is 4.56. The number of carbonyl (C=O) groups excluding carboxylic acids is 2. The summed E-state index contributed by atoms with van der Waals surface area (Å²) >= 11 is 6.86. The predicted octanol–water partition coefficient (Wildman–Crippen LogP) is 8.29. The average Bonchev–Trinajstić information content (AvgIpc) is 3.27. The van der Waals surface area contributed by atoms with E-state index in [1.54, 1.807) is 24.3 Å². The number of halogens is 2. The lowest BCUT2D eigenvalue weighted by Crippen LogP contribution is -2.73. The molecule has 2 bridgehead atoms. The highest BCUT2D eigenvalue weighted by Crippen LogP contribution is 2.74. The standard InChI is InChI=1S/C34H38Br2O5/c1-30(2)13-4-14-31(3)26(30)19-27(41-29(38)23-7-11-25(36)12-8-23)33-17-15-32(20-33,16-18-34(31,33)39)21-40-28(37)22-5-9-24(35)10-6-22/h5-12,15,17,26-27,39H,4,13-14,16,18-21H2,1-3H3/t26-,27+,31-,32+,33?,34-/m1/s1. The topological polar surface area (TPSA) is 72.8 Å². The van der Waals surface area contributed by atoms with Crippen LogP contribution in [-0.4, -0.2) is 35.4 Å². The van der Waals surface area contributed by atoms with Crippen LogP contribution in [0.3, 0.4) is 0 Å². The van der Waals surface area contributed by atoms with Crippen LogP contribution >= 0.6 is 31.9 Å². The smallest absolute Gasteiger partial charge is 0.338 e. The Morgan fingerprint density at radius 3 is 2.10 bits per heavy atom. The van der Waals surface area contributed by atoms with Crippen molar-refractivity contribution in [2.45, 2.75) is 77.4 Å². The highest BCUT2D eigenvalue weighted by Gasteiger charge is 2.75. The lowest BCUT2D eigenvalue weighted by molar-refractivity contribution is -0.286. The van der Waals surface area contributed by atoms with Crippen LogP contribution in [0.1, 0.15) is 86.4 Å². The van der Waals surface area contributed by atoms with Crippen LogP contribution in [0, 0.1) is 27.6 Å². The first-order valence-electron chi connectivity index (χ1n) is 14.7. The van der Waals surface area contributed by atoms with Gasteiger partial charge in [0.1, 0.15) is 12.7 Å². The minimum Gasteiger partial charge on any atom is -0.461 e. The van der Waals surface area contributed by atoms with Crippen molar-refractivity contribution in [2.24, 2.45) is 27.6 Å². The molecule has 0 amide bonds. The van der Waals surface area contributed by atoms with Gasteiger partial charge in [0, 0.05) is 19.8 Å². The summed E-state index contributed by atoms with van der Waals surface area (Å²) in [7, 11) is 0. The molecule has 0 aromatic heterocycles. The Hall–Kier alpha value is -1.96. The summed E-state index contributed by atoms with van der Waals surface area (Å²) in [6.45, 7) is 7.13. The van der Waals surface area contributed by atoms with Gasteiger partial charge in [0.25, 0.3) is 0 Å². The lowest BCUT2D eigenvalue weighted by Gasteiger charge is -2.69. The Morgan fingerprint density at radius 2 is 1.46 bits per heavy atom. The zero-order valence-electron chi connectivity index (χ0n) is 23.9. The van der Waals surface area contributed by atoms with E-state index in [2.05, 4.69) is 64.8 Å². The third-order valence-corrected chi connectivity index (χ3v) is 12.3. The minimum absolute atomic E-state index is 0.0175. The summed E-state index contributed by atoms with van der Waals surface area (Å²) in [5.74, 6) is -0.515. The second kappa shape index (κ2) is 10.1. The van der Waals surface area contributed by atoms with Crippen LogP contribution in [-0.2, 0) is 9.47 Å². The van der Waals surface area contributed by atoms with Gasteiger partial charge in [-0.3, -0.25) is 0 Å². The van der Waals surface area contributed by atoms with Crippen LogP contribution in [0.15, 0.2) is 69.6 Å². The van der Waals surface area contributed by atoms with Crippen molar-refractivity contribution in [2.75, 3.05) is 6.61 Å². The van der Waals surface area contributed by atoms with Crippen LogP contribution in [0.5, 0.6) is 0 Å². The Kier molecular flexibility index (Phi) is 7.14. The molecule has 6 atom stereocenters. The molecule has 2 aromatic rings. The van der Waals surface area contributed by atoms with Crippen molar-refractivity contribution in [3.63, 3.8) is 0 Å². The van der Waals surface area contributed by atoms with Gasteiger partial charge in [0.2, 0.25) is 0 Å². The molecular weight excluding hydrogens is 648 g/mol. The minimum atomic E-state index is -1.04. The summed E-state index contributed by atoms with van der Waals surface area (Å²) in [4.78, 5) is 26.5. The lowest BCUT2D eigenvalue weighted by atomic mass is 9.37. The van der Waals surface area contributed by atoms with Gasteiger partial charge < -0.3 is 14.6 Å². The molecule has 5 nitrogen and oxygen atoms in total. The van der Waals surface area contributed by atoms with E-state index in [0.717, 1.165) is 28.2 Å². The van der Waals surface area contributed by atoms with Gasteiger partial charge in [-0.1, -0.05) is 71.2 Å². The Labute approximate surface area is 259 Å². The normalized spacial score (nSPS) is 36.6. The van der Waals surface area contributed by atoms with Crippen molar-refractivity contribution in [1.82, 2.24) is 0 Å². The molecule has 4 aliphatic rings. The molecule has 7 heteroatoms. The van der Waals surface area contributed by atoms with Gasteiger partial charge in [-0.2, -0.15) is 0 Å². The van der Waals surface area contributed by atoms with Crippen molar-refractivity contribution >= 4 is 43.8 Å². The molecule has 41 heavy (non-hydrogen) atoms. The Bertz CT molecular complexity index is 1380. The number of carbonyl (C=O) groups is 2. The van der Waals surface area contributed by atoms with Crippen molar-refractivity contribution < 1.29 is 24.2 Å². The number of aliphatic hydroxyl groups is 1. The molecule has 1 unspecified atom stereocenters. The van der Waals surface area contributed by atoms with Crippen LogP contribution in [0.2, 0.25) is 0 Å². The number of fused-ring (bicyclic) bond motifs is 3. The fourth-order valence-electron chi connectivity index (χ4n) is 9.06. The van der Waals surface area contributed by atoms with Gasteiger partial charge in [0.15, 0.2) is 0 Å². The molecule has 3 fully saturated rings. The first-order valence-corrected chi connectivity index (χ1v) is 16.2. The van der Waals surface area contributed by atoms with Crippen molar-refractivity contribution in [3.8, 4) is 0 Å². The van der Waals surface area contributed by atoms with Crippen molar-refractivity contribution in [1.29, 1.82) is 0 Å². The van der Waals surface area contributed by atoms with Crippen molar-refractivity contribution in [3.05, 3.63) is 80.8 Å². The second-order valence-corrected chi connectivity index (χ2v) is 15.6. The Balaban J connectivity index is 1.33. The van der Waals surface area contributed by atoms with Gasteiger partial charge in [0.05, 0.1) is 22.1 Å². The second-order valence-electron chi connectivity index (χ2n) is 13.8. The van der Waals surface area contributed by atoms with Crippen LogP contribution in [0.4, 0.5) is 0 Å². The van der Waals surface area contributed by atoms with E-state index in [4.69, 9.17) is 9.47 Å². The molecule has 2 aromatic carbocycles. The van der Waals surface area contributed by atoms with E-state index in [9.17, 15) is 14.7 Å². The van der Waals surface area contributed by atoms with Crippen LogP contribution in [0.25, 0.3) is 0 Å². The fraction of sp³-hybridized carbons (Fsp3) is 0.529. The molecule has 3 saturated carbocycles. The molecule has 0 radical (unpaired) electrons. The number of hydrogen-bond acceptors (Lipinski definition) is 5. The molecule has 1 N–H and O–H groups in total. The molecule has 6 rings (SSSR count). The van der Waals surface area contributed by atoms with Gasteiger partial charge in [-0.15, -0.1) is 0 Å². The van der Waals surface area contributed by atoms with Crippen LogP contribution < -0.4 is 0 Å². The number of ether oxygens (including phenoxy) is 2. The summed E-state index contributed by atoms with van der Waals surface area (Å²) in [6.07, 6.45) is 9.49. The highest BCUT2D eigenvalue weighted by atomic mass is 79.9. The van der Waals surface area contributed by atoms with E-state index < -0.39 is 22.5 Å². The van der Waals surface area contributed by atoms with Gasteiger partial charge >= 0.3 is 11.9 Å². The van der Waals surface area contributed by atoms with E-state index in [1.807, 2.05) is 24.3 Å². The molecular formula is C34H38Br2O5. The Morgan fingerprint density at radius 1 is 0.854 bits per heavy atom. The monoisotopic (exact) mass is 684 g/mol. The SMILES string of the molecule is CC1(C)CCC[C@]2(C)[C@@H]1C[C@H](OC(=O)c1ccc(Br)cc1)C13C=C[C@](COC(=O)c4ccc(Br)cc4)(CC[C@]12O)C3. The van der Waals surface area contributed by atoms with Gasteiger partial charge in [-0.05, 0) is 98.4 Å². The largest absolute Gasteiger partial charge is 0.461 e. The summed E-state index contributed by atoms with van der Waals surface area (Å²) < 4.78 is 14.1. The molecule has 0 heterocycles. The molecule has 4 aliphatic carbocycles. The van der Waals surface area contributed by atoms with E-state index in [0.29, 0.717) is 36.8 Å². The first kappa shape index (κ1) is 29.1. The molecule has 0 saturated heterocycles. The maximum absolute atomic E-state index is 13.5. The number of benzene rings is 2. The maximum atomic E-state index is 13.5. The summed E-state index contributed by atoms with van der Waals surface area (Å²) in [5, 5.41) is 13.0. The predicted molar refractivity (Wildman–Crippen MR) is 164 cm³/mol. The number of rotatable bonds is 5. The first-order chi connectivity index (χ1) is 19.3. The zero-order valence-corrected chi connectivity index (χ0v) is 27.1. The van der Waals surface area contributed by atoms with E-state index >= 15 is 0 Å². The fourth-order valence-corrected chi connectivity index (χ4v) is 9.58. The zero-order chi connectivity index (χ0) is 29.3. The maximum Gasteiger partial charge on any atom is 0.338 e. The third-order valence-electron chi connectivity index (χ3n) is 11.2. The van der Waals surface area contributed by atoms with E-state index in [1.165, 1.54) is 0 Å². The molecule has 218 valence electrons. The summed E-state index contributed by atoms with van der Waals surface area (Å²) in [5.41, 5.74) is -1.50. The summed E-state index contributed by atoms with van der Waals surface area (Å²) in [6, 6.07) is 14.4.